The first-order valence-corrected chi connectivity index (χ1v) is 6.81. The summed E-state index contributed by atoms with van der Waals surface area (Å²) in [6.07, 6.45) is 9.88. The van der Waals surface area contributed by atoms with Gasteiger partial charge in [-0.1, -0.05) is 32.6 Å². The molecule has 1 aliphatic carbocycles. The maximum atomic E-state index is 6.11. The SMILES string of the molecule is CC[C@H]1O[C@@H](C2CCCCCC2)CN1OC. The van der Waals surface area contributed by atoms with Crippen LogP contribution in [0.3, 0.4) is 0 Å². The van der Waals surface area contributed by atoms with Gasteiger partial charge >= 0.3 is 0 Å². The van der Waals surface area contributed by atoms with Gasteiger partial charge in [-0.05, 0) is 25.2 Å². The molecule has 0 bridgehead atoms. The molecule has 2 fully saturated rings. The van der Waals surface area contributed by atoms with Crippen molar-refractivity contribution in [1.29, 1.82) is 0 Å². The van der Waals surface area contributed by atoms with Crippen molar-refractivity contribution in [3.05, 3.63) is 0 Å². The predicted molar refractivity (Wildman–Crippen MR) is 63.9 cm³/mol. The molecule has 1 aliphatic heterocycles. The lowest BCUT2D eigenvalue weighted by molar-refractivity contribution is -0.184. The number of hydroxylamine groups is 2. The Morgan fingerprint density at radius 3 is 2.38 bits per heavy atom. The van der Waals surface area contributed by atoms with Gasteiger partial charge in [0.1, 0.15) is 6.23 Å². The minimum atomic E-state index is 0.179. The van der Waals surface area contributed by atoms with Crippen LogP contribution in [0, 0.1) is 5.92 Å². The molecule has 2 atom stereocenters. The maximum absolute atomic E-state index is 6.11. The molecule has 1 heterocycles. The monoisotopic (exact) mass is 227 g/mol. The molecule has 0 aromatic carbocycles. The molecule has 3 heteroatoms. The molecule has 3 nitrogen and oxygen atoms in total. The smallest absolute Gasteiger partial charge is 0.133 e. The Balaban J connectivity index is 1.89. The molecule has 0 spiro atoms. The van der Waals surface area contributed by atoms with Crippen LogP contribution in [0.15, 0.2) is 0 Å². The second kappa shape index (κ2) is 5.99. The highest BCUT2D eigenvalue weighted by atomic mass is 16.7. The van der Waals surface area contributed by atoms with E-state index in [0.717, 1.165) is 18.9 Å². The molecule has 0 unspecified atom stereocenters. The summed E-state index contributed by atoms with van der Waals surface area (Å²) in [6, 6.07) is 0. The number of hydrogen-bond donors (Lipinski definition) is 0. The van der Waals surface area contributed by atoms with E-state index in [9.17, 15) is 0 Å². The molecule has 1 saturated carbocycles. The van der Waals surface area contributed by atoms with Crippen LogP contribution in [0.4, 0.5) is 0 Å². The Kier molecular flexibility index (Phi) is 4.62. The zero-order valence-electron chi connectivity index (χ0n) is 10.7. The molecule has 0 aromatic rings. The summed E-state index contributed by atoms with van der Waals surface area (Å²) in [7, 11) is 1.75. The van der Waals surface area contributed by atoms with Gasteiger partial charge < -0.3 is 4.74 Å². The Bertz CT molecular complexity index is 190. The van der Waals surface area contributed by atoms with Gasteiger partial charge in [0.2, 0.25) is 0 Å². The Labute approximate surface area is 99.0 Å². The van der Waals surface area contributed by atoms with E-state index in [2.05, 4.69) is 6.92 Å². The lowest BCUT2D eigenvalue weighted by atomic mass is 9.94. The van der Waals surface area contributed by atoms with Crippen LogP contribution in [0.25, 0.3) is 0 Å². The average molecular weight is 227 g/mol. The molecule has 0 radical (unpaired) electrons. The number of hydrogen-bond acceptors (Lipinski definition) is 3. The highest BCUT2D eigenvalue weighted by Crippen LogP contribution is 2.32. The van der Waals surface area contributed by atoms with Crippen LogP contribution in [0.5, 0.6) is 0 Å². The quantitative estimate of drug-likeness (QED) is 0.692. The first kappa shape index (κ1) is 12.3. The minimum Gasteiger partial charge on any atom is -0.356 e. The fourth-order valence-electron chi connectivity index (χ4n) is 3.04. The largest absolute Gasteiger partial charge is 0.356 e. The van der Waals surface area contributed by atoms with Crippen molar-refractivity contribution >= 4 is 0 Å². The molecular formula is C13H25NO2. The van der Waals surface area contributed by atoms with Gasteiger partial charge in [0, 0.05) is 0 Å². The topological polar surface area (TPSA) is 21.7 Å². The second-order valence-electron chi connectivity index (χ2n) is 5.07. The van der Waals surface area contributed by atoms with Crippen LogP contribution in [0.2, 0.25) is 0 Å². The van der Waals surface area contributed by atoms with E-state index in [0.29, 0.717) is 6.10 Å². The van der Waals surface area contributed by atoms with Crippen LogP contribution >= 0.6 is 0 Å². The zero-order chi connectivity index (χ0) is 11.4. The normalized spacial score (nSPS) is 34.1. The lowest BCUT2D eigenvalue weighted by Gasteiger charge is -2.20. The van der Waals surface area contributed by atoms with Crippen LogP contribution < -0.4 is 0 Å². The standard InChI is InChI=1S/C13H25NO2/c1-3-13-14(15-2)10-12(16-13)11-8-6-4-5-7-9-11/h11-13H,3-10H2,1-2H3/t12-,13-/m1/s1. The van der Waals surface area contributed by atoms with E-state index >= 15 is 0 Å². The van der Waals surface area contributed by atoms with Crippen molar-refractivity contribution in [2.75, 3.05) is 13.7 Å². The summed E-state index contributed by atoms with van der Waals surface area (Å²) < 4.78 is 6.11. The molecule has 0 N–H and O–H groups in total. The second-order valence-corrected chi connectivity index (χ2v) is 5.07. The highest BCUT2D eigenvalue weighted by molar-refractivity contribution is 4.80. The summed E-state index contributed by atoms with van der Waals surface area (Å²) in [4.78, 5) is 5.38. The van der Waals surface area contributed by atoms with E-state index in [1.165, 1.54) is 38.5 Å². The van der Waals surface area contributed by atoms with E-state index in [4.69, 9.17) is 9.57 Å². The lowest BCUT2D eigenvalue weighted by Crippen LogP contribution is -2.29. The molecule has 0 aromatic heterocycles. The van der Waals surface area contributed by atoms with Gasteiger partial charge in [-0.2, -0.15) is 5.06 Å². The van der Waals surface area contributed by atoms with Gasteiger partial charge in [0.25, 0.3) is 0 Å². The fraction of sp³-hybridized carbons (Fsp3) is 1.00. The molecule has 2 rings (SSSR count). The highest BCUT2D eigenvalue weighted by Gasteiger charge is 2.36. The van der Waals surface area contributed by atoms with Crippen LogP contribution in [-0.4, -0.2) is 31.0 Å². The molecule has 2 aliphatic rings. The predicted octanol–water partition coefficient (Wildman–Crippen LogP) is 2.96. The van der Waals surface area contributed by atoms with Crippen molar-refractivity contribution in [1.82, 2.24) is 5.06 Å². The van der Waals surface area contributed by atoms with Crippen LogP contribution in [-0.2, 0) is 9.57 Å². The van der Waals surface area contributed by atoms with E-state index < -0.39 is 0 Å². The third-order valence-electron chi connectivity index (χ3n) is 4.02. The van der Waals surface area contributed by atoms with Crippen molar-refractivity contribution in [3.63, 3.8) is 0 Å². The maximum Gasteiger partial charge on any atom is 0.133 e. The van der Waals surface area contributed by atoms with Gasteiger partial charge in [0.15, 0.2) is 0 Å². The van der Waals surface area contributed by atoms with E-state index in [1.54, 1.807) is 7.11 Å². The Morgan fingerprint density at radius 1 is 1.19 bits per heavy atom. The summed E-state index contributed by atoms with van der Waals surface area (Å²) in [5.74, 6) is 0.761. The van der Waals surface area contributed by atoms with Gasteiger partial charge in [0.05, 0.1) is 19.8 Å². The fourth-order valence-corrected chi connectivity index (χ4v) is 3.04. The van der Waals surface area contributed by atoms with Crippen molar-refractivity contribution in [2.45, 2.75) is 64.2 Å². The van der Waals surface area contributed by atoms with Crippen LogP contribution in [0.1, 0.15) is 51.9 Å². The first-order chi connectivity index (χ1) is 7.85. The zero-order valence-corrected chi connectivity index (χ0v) is 10.7. The third kappa shape index (κ3) is 2.76. The molecule has 0 amide bonds. The van der Waals surface area contributed by atoms with Crippen molar-refractivity contribution < 1.29 is 9.57 Å². The Hall–Kier alpha value is -0.120. The number of rotatable bonds is 3. The van der Waals surface area contributed by atoms with Gasteiger partial charge in [-0.15, -0.1) is 0 Å². The van der Waals surface area contributed by atoms with Gasteiger partial charge in [-0.25, -0.2) is 0 Å². The molecule has 16 heavy (non-hydrogen) atoms. The van der Waals surface area contributed by atoms with E-state index in [1.807, 2.05) is 5.06 Å². The van der Waals surface area contributed by atoms with Gasteiger partial charge in [-0.3, -0.25) is 4.84 Å². The average Bonchev–Trinajstić information content (AvgIpc) is 2.54. The summed E-state index contributed by atoms with van der Waals surface area (Å²) >= 11 is 0. The molecular weight excluding hydrogens is 202 g/mol. The van der Waals surface area contributed by atoms with Crippen molar-refractivity contribution in [3.8, 4) is 0 Å². The Morgan fingerprint density at radius 2 is 1.88 bits per heavy atom. The molecule has 94 valence electrons. The first-order valence-electron chi connectivity index (χ1n) is 6.81. The number of ether oxygens (including phenoxy) is 1. The summed E-state index contributed by atoms with van der Waals surface area (Å²) in [5, 5.41) is 2.01. The minimum absolute atomic E-state index is 0.179. The van der Waals surface area contributed by atoms with Crippen molar-refractivity contribution in [2.24, 2.45) is 5.92 Å². The number of nitrogens with zero attached hydrogens (tertiary/aromatic N) is 1. The summed E-state index contributed by atoms with van der Waals surface area (Å²) in [5.41, 5.74) is 0. The van der Waals surface area contributed by atoms with E-state index in [-0.39, 0.29) is 6.23 Å². The summed E-state index contributed by atoms with van der Waals surface area (Å²) in [6.45, 7) is 3.12. The third-order valence-corrected chi connectivity index (χ3v) is 4.02. The molecule has 1 saturated heterocycles.